The van der Waals surface area contributed by atoms with Crippen LogP contribution in [-0.4, -0.2) is 43.4 Å². The quantitative estimate of drug-likeness (QED) is 0.776. The first-order chi connectivity index (χ1) is 10.4. The van der Waals surface area contributed by atoms with E-state index >= 15 is 0 Å². The zero-order valence-electron chi connectivity index (χ0n) is 14.0. The van der Waals surface area contributed by atoms with Crippen LogP contribution in [0.2, 0.25) is 0 Å². The van der Waals surface area contributed by atoms with Crippen molar-refractivity contribution in [1.29, 1.82) is 0 Å². The molecule has 0 aliphatic carbocycles. The molecule has 0 aromatic heterocycles. The predicted octanol–water partition coefficient (Wildman–Crippen LogP) is 1.65. The summed E-state index contributed by atoms with van der Waals surface area (Å²) in [6, 6.07) is -0.797. The SMILES string of the molecule is CCCCC1C(C)OC(=O)C(N)COCC1OC(=O)C(C)C. The summed E-state index contributed by atoms with van der Waals surface area (Å²) in [6.07, 6.45) is 2.00. The number of ether oxygens (including phenoxy) is 3. The average Bonchev–Trinajstić information content (AvgIpc) is 2.49. The number of unbranched alkanes of at least 4 members (excludes halogenated alkanes) is 1. The first-order valence-electron chi connectivity index (χ1n) is 8.11. The number of esters is 2. The second kappa shape index (κ2) is 9.10. The van der Waals surface area contributed by atoms with Crippen molar-refractivity contribution in [2.24, 2.45) is 17.6 Å². The lowest BCUT2D eigenvalue weighted by Gasteiger charge is -2.30. The largest absolute Gasteiger partial charge is 0.461 e. The molecule has 1 fully saturated rings. The van der Waals surface area contributed by atoms with E-state index in [0.29, 0.717) is 0 Å². The summed E-state index contributed by atoms with van der Waals surface area (Å²) in [7, 11) is 0. The highest BCUT2D eigenvalue weighted by Gasteiger charge is 2.35. The predicted molar refractivity (Wildman–Crippen MR) is 82.1 cm³/mol. The van der Waals surface area contributed by atoms with Crippen LogP contribution >= 0.6 is 0 Å². The maximum atomic E-state index is 11.9. The van der Waals surface area contributed by atoms with Crippen molar-refractivity contribution in [3.63, 3.8) is 0 Å². The molecule has 6 heteroatoms. The maximum absolute atomic E-state index is 11.9. The van der Waals surface area contributed by atoms with Gasteiger partial charge in [-0.25, -0.2) is 0 Å². The molecular weight excluding hydrogens is 286 g/mol. The van der Waals surface area contributed by atoms with Crippen molar-refractivity contribution < 1.29 is 23.8 Å². The summed E-state index contributed by atoms with van der Waals surface area (Å²) in [5, 5.41) is 0. The molecule has 22 heavy (non-hydrogen) atoms. The fourth-order valence-electron chi connectivity index (χ4n) is 2.43. The van der Waals surface area contributed by atoms with E-state index < -0.39 is 18.1 Å². The van der Waals surface area contributed by atoms with Gasteiger partial charge in [0.25, 0.3) is 0 Å². The van der Waals surface area contributed by atoms with Gasteiger partial charge in [-0.15, -0.1) is 0 Å². The molecule has 1 aliphatic heterocycles. The van der Waals surface area contributed by atoms with Crippen LogP contribution in [0.1, 0.15) is 47.0 Å². The molecule has 1 saturated heterocycles. The highest BCUT2D eigenvalue weighted by Crippen LogP contribution is 2.25. The van der Waals surface area contributed by atoms with Crippen LogP contribution in [0.15, 0.2) is 0 Å². The minimum atomic E-state index is -0.797. The van der Waals surface area contributed by atoms with Crippen LogP contribution < -0.4 is 5.73 Å². The minimum absolute atomic E-state index is 0.0712. The monoisotopic (exact) mass is 315 g/mol. The van der Waals surface area contributed by atoms with Crippen LogP contribution in [0.3, 0.4) is 0 Å². The summed E-state index contributed by atoms with van der Waals surface area (Å²) >= 11 is 0. The molecule has 4 unspecified atom stereocenters. The normalized spacial score (nSPS) is 30.2. The summed E-state index contributed by atoms with van der Waals surface area (Å²) in [6.45, 7) is 7.81. The van der Waals surface area contributed by atoms with Crippen LogP contribution in [0.25, 0.3) is 0 Å². The van der Waals surface area contributed by atoms with E-state index in [2.05, 4.69) is 6.92 Å². The maximum Gasteiger partial charge on any atom is 0.325 e. The highest BCUT2D eigenvalue weighted by molar-refractivity contribution is 5.75. The molecule has 1 heterocycles. The first-order valence-corrected chi connectivity index (χ1v) is 8.11. The lowest BCUT2D eigenvalue weighted by Crippen LogP contribution is -2.40. The van der Waals surface area contributed by atoms with Crippen LogP contribution in [0, 0.1) is 11.8 Å². The first kappa shape index (κ1) is 18.9. The highest BCUT2D eigenvalue weighted by atomic mass is 16.6. The van der Waals surface area contributed by atoms with E-state index in [1.165, 1.54) is 0 Å². The molecule has 0 saturated carbocycles. The molecule has 0 spiro atoms. The van der Waals surface area contributed by atoms with Gasteiger partial charge in [0.1, 0.15) is 18.2 Å². The van der Waals surface area contributed by atoms with Crippen molar-refractivity contribution in [2.45, 2.75) is 65.2 Å². The van der Waals surface area contributed by atoms with Gasteiger partial charge in [0.2, 0.25) is 0 Å². The van der Waals surface area contributed by atoms with E-state index in [-0.39, 0.29) is 37.1 Å². The van der Waals surface area contributed by atoms with Gasteiger partial charge in [0, 0.05) is 5.92 Å². The molecule has 0 aromatic rings. The molecule has 4 atom stereocenters. The van der Waals surface area contributed by atoms with Crippen molar-refractivity contribution in [3.05, 3.63) is 0 Å². The average molecular weight is 315 g/mol. The number of rotatable bonds is 5. The zero-order chi connectivity index (χ0) is 16.7. The Morgan fingerprint density at radius 3 is 2.68 bits per heavy atom. The van der Waals surface area contributed by atoms with Gasteiger partial charge in [-0.05, 0) is 13.3 Å². The van der Waals surface area contributed by atoms with Gasteiger partial charge < -0.3 is 19.9 Å². The molecule has 0 aromatic carbocycles. The number of cyclic esters (lactones) is 1. The second-order valence-corrected chi connectivity index (χ2v) is 6.22. The third-order valence-electron chi connectivity index (χ3n) is 3.89. The van der Waals surface area contributed by atoms with E-state index in [0.717, 1.165) is 19.3 Å². The molecule has 1 rings (SSSR count). The van der Waals surface area contributed by atoms with E-state index in [4.69, 9.17) is 19.9 Å². The zero-order valence-corrected chi connectivity index (χ0v) is 14.0. The Bertz CT molecular complexity index is 372. The fourth-order valence-corrected chi connectivity index (χ4v) is 2.43. The Morgan fingerprint density at radius 1 is 1.41 bits per heavy atom. The minimum Gasteiger partial charge on any atom is -0.461 e. The number of hydrogen-bond donors (Lipinski definition) is 1. The number of carbonyl (C=O) groups excluding carboxylic acids is 2. The van der Waals surface area contributed by atoms with E-state index in [9.17, 15) is 9.59 Å². The fraction of sp³-hybridized carbons (Fsp3) is 0.875. The van der Waals surface area contributed by atoms with Crippen molar-refractivity contribution in [3.8, 4) is 0 Å². The van der Waals surface area contributed by atoms with E-state index in [1.807, 2.05) is 6.92 Å². The van der Waals surface area contributed by atoms with Crippen molar-refractivity contribution in [1.82, 2.24) is 0 Å². The standard InChI is InChI=1S/C16H29NO5/c1-5-6-7-12-11(4)21-16(19)13(17)8-20-9-14(12)22-15(18)10(2)3/h10-14H,5-9,17H2,1-4H3. The number of nitrogens with two attached hydrogens (primary N) is 1. The van der Waals surface area contributed by atoms with Gasteiger partial charge >= 0.3 is 11.9 Å². The lowest BCUT2D eigenvalue weighted by molar-refractivity contribution is -0.164. The molecule has 0 amide bonds. The number of hydrogen-bond acceptors (Lipinski definition) is 6. The lowest BCUT2D eigenvalue weighted by atomic mass is 9.91. The van der Waals surface area contributed by atoms with Gasteiger partial charge in [0.15, 0.2) is 0 Å². The van der Waals surface area contributed by atoms with Gasteiger partial charge in [0.05, 0.1) is 19.1 Å². The molecule has 1 aliphatic rings. The Hall–Kier alpha value is -1.14. The molecule has 0 bridgehead atoms. The Kier molecular flexibility index (Phi) is 7.82. The van der Waals surface area contributed by atoms with Gasteiger partial charge in [-0.2, -0.15) is 0 Å². The van der Waals surface area contributed by atoms with Crippen LogP contribution in [-0.2, 0) is 23.8 Å². The van der Waals surface area contributed by atoms with Crippen LogP contribution in [0.4, 0.5) is 0 Å². The Labute approximate surface area is 132 Å². The Morgan fingerprint density at radius 2 is 2.09 bits per heavy atom. The molecule has 128 valence electrons. The van der Waals surface area contributed by atoms with Crippen molar-refractivity contribution in [2.75, 3.05) is 13.2 Å². The summed E-state index contributed by atoms with van der Waals surface area (Å²) in [4.78, 5) is 23.8. The molecule has 6 nitrogen and oxygen atoms in total. The Balaban J connectivity index is 2.89. The topological polar surface area (TPSA) is 87.8 Å². The molecule has 0 radical (unpaired) electrons. The van der Waals surface area contributed by atoms with Gasteiger partial charge in [-0.1, -0.05) is 33.6 Å². The summed E-state index contributed by atoms with van der Waals surface area (Å²) in [5.74, 6) is -1.03. The van der Waals surface area contributed by atoms with Crippen LogP contribution in [0.5, 0.6) is 0 Å². The van der Waals surface area contributed by atoms with Gasteiger partial charge in [-0.3, -0.25) is 9.59 Å². The summed E-state index contributed by atoms with van der Waals surface area (Å²) < 4.78 is 16.5. The van der Waals surface area contributed by atoms with E-state index in [1.54, 1.807) is 13.8 Å². The summed E-state index contributed by atoms with van der Waals surface area (Å²) in [5.41, 5.74) is 5.71. The smallest absolute Gasteiger partial charge is 0.325 e. The van der Waals surface area contributed by atoms with Crippen molar-refractivity contribution >= 4 is 11.9 Å². The molecular formula is C16H29NO5. The third-order valence-corrected chi connectivity index (χ3v) is 3.89. The molecule has 2 N–H and O–H groups in total. The number of carbonyl (C=O) groups is 2. The third kappa shape index (κ3) is 5.57. The second-order valence-electron chi connectivity index (χ2n) is 6.22.